The number of carbonyl (C=O) groups excluding carboxylic acids is 1. The topological polar surface area (TPSA) is 148 Å². The maximum absolute atomic E-state index is 12.8. The van der Waals surface area contributed by atoms with Crippen molar-refractivity contribution < 1.29 is 38.3 Å². The fraction of sp³-hybridized carbons (Fsp3) is 0.324. The molecule has 1 aliphatic heterocycles. The van der Waals surface area contributed by atoms with Crippen molar-refractivity contribution >= 4 is 5.97 Å². The van der Waals surface area contributed by atoms with E-state index in [0.29, 0.717) is 11.5 Å². The number of H-pyrrole nitrogens is 1. The van der Waals surface area contributed by atoms with Crippen LogP contribution in [0.25, 0.3) is 0 Å². The normalized spacial score (nSPS) is 19.5. The largest absolute Gasteiger partial charge is 0.497 e. The van der Waals surface area contributed by atoms with Crippen molar-refractivity contribution in [1.29, 1.82) is 0 Å². The van der Waals surface area contributed by atoms with E-state index in [-0.39, 0.29) is 19.6 Å². The summed E-state index contributed by atoms with van der Waals surface area (Å²) in [4.78, 5) is 38.5. The first kappa shape index (κ1) is 32.6. The lowest BCUT2D eigenvalue weighted by Gasteiger charge is -2.37. The van der Waals surface area contributed by atoms with E-state index in [2.05, 4.69) is 4.98 Å². The Kier molecular flexibility index (Phi) is 10.3. The lowest BCUT2D eigenvalue weighted by Crippen LogP contribution is -2.41. The second-order valence-electron chi connectivity index (χ2n) is 10.5. The summed E-state index contributed by atoms with van der Waals surface area (Å²) >= 11 is 0. The van der Waals surface area contributed by atoms with Gasteiger partial charge in [0.05, 0.1) is 41.0 Å². The smallest absolute Gasteiger partial charge is 0.330 e. The number of hydrogen-bond donors (Lipinski definition) is 2. The van der Waals surface area contributed by atoms with Gasteiger partial charge in [0.25, 0.3) is 5.56 Å². The van der Waals surface area contributed by atoms with Gasteiger partial charge in [-0.25, -0.2) is 4.79 Å². The Morgan fingerprint density at radius 3 is 2.00 bits per heavy atom. The molecule has 5 rings (SSSR count). The first-order chi connectivity index (χ1) is 22.3. The summed E-state index contributed by atoms with van der Waals surface area (Å²) in [6.45, 7) is -0.259. The Morgan fingerprint density at radius 2 is 1.46 bits per heavy atom. The van der Waals surface area contributed by atoms with Crippen LogP contribution in [0.4, 0.5) is 0 Å². The van der Waals surface area contributed by atoms with Crippen molar-refractivity contribution in [2.24, 2.45) is 0 Å². The molecule has 12 nitrogen and oxygen atoms in total. The summed E-state index contributed by atoms with van der Waals surface area (Å²) in [5, 5.41) is 11.5. The second-order valence-corrected chi connectivity index (χ2v) is 10.5. The van der Waals surface area contributed by atoms with E-state index in [1.54, 1.807) is 14.2 Å². The van der Waals surface area contributed by atoms with Crippen LogP contribution in [0.5, 0.6) is 11.5 Å². The van der Waals surface area contributed by atoms with Crippen molar-refractivity contribution in [2.75, 3.05) is 34.5 Å². The van der Waals surface area contributed by atoms with Crippen molar-refractivity contribution in [3.63, 3.8) is 0 Å². The number of methoxy groups -OCH3 is 3. The lowest BCUT2D eigenvalue weighted by molar-refractivity contribution is -0.143. The highest BCUT2D eigenvalue weighted by Crippen LogP contribution is 2.43. The zero-order valence-corrected chi connectivity index (χ0v) is 25.7. The molecule has 0 amide bonds. The highest BCUT2D eigenvalue weighted by atomic mass is 16.6. The van der Waals surface area contributed by atoms with Crippen LogP contribution in [-0.4, -0.2) is 73.5 Å². The minimum absolute atomic E-state index is 0.0831. The third-order valence-corrected chi connectivity index (χ3v) is 7.92. The van der Waals surface area contributed by atoms with Gasteiger partial charge in [0.2, 0.25) is 0 Å². The predicted molar refractivity (Wildman–Crippen MR) is 166 cm³/mol. The number of ether oxygens (including phenoxy) is 6. The minimum Gasteiger partial charge on any atom is -0.497 e. The second kappa shape index (κ2) is 14.6. The Labute approximate surface area is 265 Å². The predicted octanol–water partition coefficient (Wildman–Crippen LogP) is 2.77. The van der Waals surface area contributed by atoms with Crippen molar-refractivity contribution in [2.45, 2.75) is 36.6 Å². The summed E-state index contributed by atoms with van der Waals surface area (Å²) in [7, 11) is 4.44. The molecular weight excluding hydrogens is 596 g/mol. The van der Waals surface area contributed by atoms with E-state index in [4.69, 9.17) is 28.4 Å². The number of aromatic nitrogens is 2. The molecular formula is C34H36N2O10. The SMILES string of the molecule is COC(=O)CCO[C@@H]1[C@H](O)[C@@H](COC(c2ccccc2)(c2ccc(OC)cc2)c2ccc(OC)cc2)O[C@H]1n1ccc(=O)[nH]c1=O. The van der Waals surface area contributed by atoms with Crippen LogP contribution in [-0.2, 0) is 29.3 Å². The molecule has 0 spiro atoms. The van der Waals surface area contributed by atoms with Gasteiger partial charge < -0.3 is 33.5 Å². The van der Waals surface area contributed by atoms with Gasteiger partial charge in [-0.05, 0) is 41.0 Å². The summed E-state index contributed by atoms with van der Waals surface area (Å²) in [6, 6.07) is 25.8. The number of benzene rings is 3. The highest BCUT2D eigenvalue weighted by Gasteiger charge is 2.48. The number of carbonyl (C=O) groups is 1. The minimum atomic E-state index is -1.29. The average Bonchev–Trinajstić information content (AvgIpc) is 3.40. The Bertz CT molecular complexity index is 1660. The van der Waals surface area contributed by atoms with Crippen molar-refractivity contribution in [3.8, 4) is 11.5 Å². The number of nitrogens with zero attached hydrogens (tertiary/aromatic N) is 1. The highest BCUT2D eigenvalue weighted by molar-refractivity contribution is 5.69. The average molecular weight is 633 g/mol. The molecule has 12 heteroatoms. The fourth-order valence-electron chi connectivity index (χ4n) is 5.55. The summed E-state index contributed by atoms with van der Waals surface area (Å²) in [5.41, 5.74) is -0.181. The molecule has 1 saturated heterocycles. The monoisotopic (exact) mass is 632 g/mol. The van der Waals surface area contributed by atoms with Gasteiger partial charge >= 0.3 is 11.7 Å². The quantitative estimate of drug-likeness (QED) is 0.167. The molecule has 1 aromatic heterocycles. The van der Waals surface area contributed by atoms with E-state index in [1.165, 1.54) is 19.4 Å². The van der Waals surface area contributed by atoms with E-state index >= 15 is 0 Å². The summed E-state index contributed by atoms with van der Waals surface area (Å²) in [5.74, 6) is 0.824. The third-order valence-electron chi connectivity index (χ3n) is 7.92. The zero-order chi connectivity index (χ0) is 32.7. The first-order valence-electron chi connectivity index (χ1n) is 14.6. The van der Waals surface area contributed by atoms with Crippen LogP contribution in [0.3, 0.4) is 0 Å². The molecule has 0 aliphatic carbocycles. The molecule has 46 heavy (non-hydrogen) atoms. The standard InChI is InChI=1S/C34H36N2O10/c1-41-25-13-9-23(10-14-25)34(22-7-5-4-6-8-22,24-11-15-26(42-2)16-12-24)45-21-27-30(39)31(44-20-18-29(38)43-3)32(46-27)36-19-17-28(37)35-33(36)40/h4-17,19,27,30-32,39H,18,20-21H2,1-3H3,(H,35,37,40)/t27-,30-,31-,32-/m1/s1. The molecule has 2 heterocycles. The molecule has 0 unspecified atom stereocenters. The molecule has 0 saturated carbocycles. The van der Waals surface area contributed by atoms with Crippen LogP contribution >= 0.6 is 0 Å². The van der Waals surface area contributed by atoms with Gasteiger partial charge in [-0.3, -0.25) is 19.1 Å². The van der Waals surface area contributed by atoms with Crippen LogP contribution in [0.2, 0.25) is 0 Å². The van der Waals surface area contributed by atoms with E-state index < -0.39 is 47.4 Å². The molecule has 3 aromatic carbocycles. The first-order valence-corrected chi connectivity index (χ1v) is 14.6. The van der Waals surface area contributed by atoms with Crippen molar-refractivity contribution in [3.05, 3.63) is 129 Å². The van der Waals surface area contributed by atoms with Gasteiger partial charge in [-0.15, -0.1) is 0 Å². The molecule has 1 fully saturated rings. The van der Waals surface area contributed by atoms with Gasteiger partial charge in [0.1, 0.15) is 35.4 Å². The summed E-state index contributed by atoms with van der Waals surface area (Å²) in [6.07, 6.45) is -3.33. The molecule has 0 radical (unpaired) electrons. The van der Waals surface area contributed by atoms with E-state index in [1.807, 2.05) is 78.9 Å². The molecule has 242 valence electrons. The van der Waals surface area contributed by atoms with Gasteiger partial charge in [0.15, 0.2) is 6.23 Å². The van der Waals surface area contributed by atoms with Crippen molar-refractivity contribution in [1.82, 2.24) is 9.55 Å². The number of esters is 1. The van der Waals surface area contributed by atoms with Crippen LogP contribution < -0.4 is 20.7 Å². The van der Waals surface area contributed by atoms with E-state index in [0.717, 1.165) is 21.3 Å². The zero-order valence-electron chi connectivity index (χ0n) is 25.7. The van der Waals surface area contributed by atoms with Crippen LogP contribution in [0.1, 0.15) is 29.3 Å². The number of hydrogen-bond acceptors (Lipinski definition) is 10. The van der Waals surface area contributed by atoms with Crippen LogP contribution in [0.15, 0.2) is 101 Å². The van der Waals surface area contributed by atoms with Gasteiger partial charge in [-0.2, -0.15) is 0 Å². The number of aliphatic hydroxyl groups excluding tert-OH is 1. The third kappa shape index (κ3) is 6.75. The maximum atomic E-state index is 12.8. The fourth-order valence-corrected chi connectivity index (χ4v) is 5.55. The van der Waals surface area contributed by atoms with Gasteiger partial charge in [-0.1, -0.05) is 54.6 Å². The Morgan fingerprint density at radius 1 is 0.870 bits per heavy atom. The lowest BCUT2D eigenvalue weighted by atomic mass is 9.80. The molecule has 4 aromatic rings. The molecule has 2 N–H and O–H groups in total. The van der Waals surface area contributed by atoms with Crippen LogP contribution in [0, 0.1) is 0 Å². The molecule has 1 aliphatic rings. The van der Waals surface area contributed by atoms with E-state index in [9.17, 15) is 19.5 Å². The number of aliphatic hydroxyl groups is 1. The Hall–Kier alpha value is -4.75. The number of rotatable bonds is 13. The maximum Gasteiger partial charge on any atom is 0.330 e. The molecule has 0 bridgehead atoms. The number of aromatic amines is 1. The number of nitrogens with one attached hydrogen (secondary N) is 1. The summed E-state index contributed by atoms with van der Waals surface area (Å²) < 4.78 is 35.7. The molecule has 4 atom stereocenters. The Balaban J connectivity index is 1.54. The van der Waals surface area contributed by atoms with Gasteiger partial charge in [0, 0.05) is 12.3 Å².